The summed E-state index contributed by atoms with van der Waals surface area (Å²) in [6.07, 6.45) is 1.07. The summed E-state index contributed by atoms with van der Waals surface area (Å²) in [5.74, 6) is 0. The quantitative estimate of drug-likeness (QED) is 0.735. The minimum Gasteiger partial charge on any atom is -0.198 e. The fourth-order valence-corrected chi connectivity index (χ4v) is 1.93. The summed E-state index contributed by atoms with van der Waals surface area (Å²) < 4.78 is 0. The molecule has 68 valence electrons. The molecule has 1 nitrogen and oxygen atoms in total. The second kappa shape index (κ2) is 4.50. The molecule has 0 fully saturated rings. The summed E-state index contributed by atoms with van der Waals surface area (Å²) in [6.45, 7) is 1.94. The van der Waals surface area contributed by atoms with E-state index in [0.29, 0.717) is 22.9 Å². The number of nitriles is 1. The monoisotopic (exact) mass is 213 g/mol. The van der Waals surface area contributed by atoms with Gasteiger partial charge < -0.3 is 0 Å². The van der Waals surface area contributed by atoms with E-state index >= 15 is 0 Å². The van der Waals surface area contributed by atoms with Gasteiger partial charge in [0, 0.05) is 16.5 Å². The summed E-state index contributed by atoms with van der Waals surface area (Å²) in [6, 6.07) is 5.79. The smallest absolute Gasteiger partial charge is 0.0625 e. The van der Waals surface area contributed by atoms with E-state index in [1.807, 2.05) is 19.1 Å². The Balaban J connectivity index is 3.00. The molecule has 0 bridgehead atoms. The lowest BCUT2D eigenvalue weighted by atomic mass is 10.1. The second-order valence-corrected chi connectivity index (χ2v) is 3.68. The van der Waals surface area contributed by atoms with Gasteiger partial charge in [-0.05, 0) is 36.6 Å². The first-order chi connectivity index (χ1) is 6.15. The summed E-state index contributed by atoms with van der Waals surface area (Å²) in [7, 11) is 0. The van der Waals surface area contributed by atoms with Crippen LogP contribution in [0.15, 0.2) is 12.1 Å². The topological polar surface area (TPSA) is 23.8 Å². The largest absolute Gasteiger partial charge is 0.198 e. The molecule has 0 heterocycles. The van der Waals surface area contributed by atoms with Crippen LogP contribution in [-0.4, -0.2) is 0 Å². The summed E-state index contributed by atoms with van der Waals surface area (Å²) in [5, 5.41) is 9.73. The Morgan fingerprint density at radius 2 is 1.85 bits per heavy atom. The molecular weight excluding hydrogens is 205 g/mol. The molecule has 1 aromatic rings. The standard InChI is InChI=1S/C10H9Cl2N/c1-7-5-9(11)8(3-2-4-13)10(12)6-7/h5-6H,2-3H2,1H3. The molecule has 0 unspecified atom stereocenters. The molecule has 0 saturated heterocycles. The van der Waals surface area contributed by atoms with Gasteiger partial charge in [0.15, 0.2) is 0 Å². The van der Waals surface area contributed by atoms with Gasteiger partial charge in [-0.15, -0.1) is 0 Å². The van der Waals surface area contributed by atoms with Crippen molar-refractivity contribution in [3.05, 3.63) is 33.3 Å². The zero-order valence-corrected chi connectivity index (χ0v) is 8.78. The fraction of sp³-hybridized carbons (Fsp3) is 0.300. The summed E-state index contributed by atoms with van der Waals surface area (Å²) in [5.41, 5.74) is 1.91. The molecule has 0 amide bonds. The molecule has 0 saturated carbocycles. The first-order valence-electron chi connectivity index (χ1n) is 3.96. The average Bonchev–Trinajstić information content (AvgIpc) is 2.02. The van der Waals surface area contributed by atoms with E-state index in [4.69, 9.17) is 28.5 Å². The Bertz CT molecular complexity index is 329. The van der Waals surface area contributed by atoms with Crippen molar-refractivity contribution >= 4 is 23.2 Å². The number of halogens is 2. The van der Waals surface area contributed by atoms with Crippen LogP contribution in [-0.2, 0) is 6.42 Å². The van der Waals surface area contributed by atoms with E-state index in [1.54, 1.807) is 0 Å². The minimum absolute atomic E-state index is 0.447. The zero-order chi connectivity index (χ0) is 9.84. The van der Waals surface area contributed by atoms with E-state index in [9.17, 15) is 0 Å². The molecule has 0 radical (unpaired) electrons. The molecule has 0 aromatic heterocycles. The highest BCUT2D eigenvalue weighted by atomic mass is 35.5. The Hall–Kier alpha value is -0.710. The van der Waals surface area contributed by atoms with E-state index in [0.717, 1.165) is 11.1 Å². The van der Waals surface area contributed by atoms with Gasteiger partial charge in [0.25, 0.3) is 0 Å². The highest BCUT2D eigenvalue weighted by Crippen LogP contribution is 2.27. The maximum atomic E-state index is 8.43. The van der Waals surface area contributed by atoms with Crippen molar-refractivity contribution in [2.45, 2.75) is 19.8 Å². The predicted molar refractivity (Wildman–Crippen MR) is 55.1 cm³/mol. The van der Waals surface area contributed by atoms with Gasteiger partial charge in [-0.3, -0.25) is 0 Å². The van der Waals surface area contributed by atoms with Crippen molar-refractivity contribution in [2.24, 2.45) is 0 Å². The molecule has 0 aliphatic heterocycles. The summed E-state index contributed by atoms with van der Waals surface area (Å²) in [4.78, 5) is 0. The lowest BCUT2D eigenvalue weighted by molar-refractivity contribution is 1.01. The Morgan fingerprint density at radius 3 is 2.31 bits per heavy atom. The maximum absolute atomic E-state index is 8.43. The normalized spacial score (nSPS) is 9.69. The molecular formula is C10H9Cl2N. The van der Waals surface area contributed by atoms with Gasteiger partial charge >= 0.3 is 0 Å². The van der Waals surface area contributed by atoms with E-state index in [1.165, 1.54) is 0 Å². The van der Waals surface area contributed by atoms with Crippen molar-refractivity contribution in [1.82, 2.24) is 0 Å². The number of rotatable bonds is 2. The number of aryl methyl sites for hydroxylation is 1. The lowest BCUT2D eigenvalue weighted by Crippen LogP contribution is -1.88. The van der Waals surface area contributed by atoms with Gasteiger partial charge in [-0.2, -0.15) is 5.26 Å². The van der Waals surface area contributed by atoms with Gasteiger partial charge in [-0.1, -0.05) is 23.2 Å². The SMILES string of the molecule is Cc1cc(Cl)c(CCC#N)c(Cl)c1. The average molecular weight is 214 g/mol. The molecule has 0 N–H and O–H groups in total. The highest BCUT2D eigenvalue weighted by molar-refractivity contribution is 6.36. The molecule has 0 spiro atoms. The summed E-state index contributed by atoms with van der Waals surface area (Å²) >= 11 is 12.0. The van der Waals surface area contributed by atoms with Crippen LogP contribution in [0, 0.1) is 18.3 Å². The van der Waals surface area contributed by atoms with E-state index in [2.05, 4.69) is 6.07 Å². The first-order valence-corrected chi connectivity index (χ1v) is 4.72. The third-order valence-corrected chi connectivity index (χ3v) is 2.45. The highest BCUT2D eigenvalue weighted by Gasteiger charge is 2.05. The van der Waals surface area contributed by atoms with Crippen LogP contribution < -0.4 is 0 Å². The lowest BCUT2D eigenvalue weighted by Gasteiger charge is -2.05. The Morgan fingerprint density at radius 1 is 1.31 bits per heavy atom. The van der Waals surface area contributed by atoms with Crippen LogP contribution in [0.5, 0.6) is 0 Å². The van der Waals surface area contributed by atoms with Crippen LogP contribution in [0.25, 0.3) is 0 Å². The second-order valence-electron chi connectivity index (χ2n) is 2.87. The third kappa shape index (κ3) is 2.62. The van der Waals surface area contributed by atoms with Crippen LogP contribution >= 0.6 is 23.2 Å². The molecule has 1 rings (SSSR count). The van der Waals surface area contributed by atoms with E-state index in [-0.39, 0.29) is 0 Å². The van der Waals surface area contributed by atoms with Crippen molar-refractivity contribution in [1.29, 1.82) is 5.26 Å². The molecule has 13 heavy (non-hydrogen) atoms. The number of hydrogen-bond acceptors (Lipinski definition) is 1. The van der Waals surface area contributed by atoms with Crippen LogP contribution in [0.3, 0.4) is 0 Å². The van der Waals surface area contributed by atoms with Gasteiger partial charge in [0.05, 0.1) is 6.07 Å². The number of nitrogens with zero attached hydrogens (tertiary/aromatic N) is 1. The van der Waals surface area contributed by atoms with E-state index < -0.39 is 0 Å². The number of benzene rings is 1. The first kappa shape index (κ1) is 10.4. The maximum Gasteiger partial charge on any atom is 0.0625 e. The Labute approximate surface area is 87.9 Å². The van der Waals surface area contributed by atoms with Crippen LogP contribution in [0.1, 0.15) is 17.5 Å². The van der Waals surface area contributed by atoms with Crippen molar-refractivity contribution < 1.29 is 0 Å². The van der Waals surface area contributed by atoms with Crippen molar-refractivity contribution in [3.8, 4) is 6.07 Å². The third-order valence-electron chi connectivity index (χ3n) is 1.77. The molecule has 1 aromatic carbocycles. The molecule has 0 aliphatic carbocycles. The van der Waals surface area contributed by atoms with Crippen LogP contribution in [0.2, 0.25) is 10.0 Å². The van der Waals surface area contributed by atoms with Crippen molar-refractivity contribution in [3.63, 3.8) is 0 Å². The predicted octanol–water partition coefficient (Wildman–Crippen LogP) is 3.76. The van der Waals surface area contributed by atoms with Gasteiger partial charge in [0.1, 0.15) is 0 Å². The number of hydrogen-bond donors (Lipinski definition) is 0. The van der Waals surface area contributed by atoms with Crippen molar-refractivity contribution in [2.75, 3.05) is 0 Å². The Kier molecular flexibility index (Phi) is 3.59. The van der Waals surface area contributed by atoms with Crippen LogP contribution in [0.4, 0.5) is 0 Å². The molecule has 0 atom stereocenters. The zero-order valence-electron chi connectivity index (χ0n) is 7.27. The van der Waals surface area contributed by atoms with Gasteiger partial charge in [0.2, 0.25) is 0 Å². The molecule has 0 aliphatic rings. The minimum atomic E-state index is 0.447. The van der Waals surface area contributed by atoms with Gasteiger partial charge in [-0.25, -0.2) is 0 Å². The fourth-order valence-electron chi connectivity index (χ4n) is 1.15. The molecule has 3 heteroatoms.